The van der Waals surface area contributed by atoms with Crippen LogP contribution in [0, 0.1) is 0 Å². The van der Waals surface area contributed by atoms with Crippen LogP contribution >= 0.6 is 0 Å². The standard InChI is InChI=1S/C8H13N3O2S/c1-2-5-11-14(12,13)7-3-4-8(9)10-6-7/h3-4,6,11H,2,5H2,1H3,(H2,9,10). The van der Waals surface area contributed by atoms with Crippen molar-refractivity contribution in [2.24, 2.45) is 0 Å². The van der Waals surface area contributed by atoms with Gasteiger partial charge in [-0.3, -0.25) is 0 Å². The van der Waals surface area contributed by atoms with Gasteiger partial charge >= 0.3 is 0 Å². The summed E-state index contributed by atoms with van der Waals surface area (Å²) in [5.74, 6) is 0.305. The van der Waals surface area contributed by atoms with E-state index in [4.69, 9.17) is 5.73 Å². The molecule has 0 unspecified atom stereocenters. The van der Waals surface area contributed by atoms with E-state index in [9.17, 15) is 8.42 Å². The highest BCUT2D eigenvalue weighted by Gasteiger charge is 2.12. The molecule has 1 rings (SSSR count). The van der Waals surface area contributed by atoms with Gasteiger partial charge in [0.15, 0.2) is 0 Å². The van der Waals surface area contributed by atoms with E-state index in [-0.39, 0.29) is 4.90 Å². The molecule has 0 saturated heterocycles. The van der Waals surface area contributed by atoms with E-state index in [0.717, 1.165) is 6.42 Å². The molecule has 0 aliphatic carbocycles. The minimum atomic E-state index is -3.41. The van der Waals surface area contributed by atoms with E-state index in [0.29, 0.717) is 12.4 Å². The van der Waals surface area contributed by atoms with Gasteiger partial charge < -0.3 is 5.73 Å². The van der Waals surface area contributed by atoms with E-state index in [1.54, 1.807) is 0 Å². The summed E-state index contributed by atoms with van der Waals surface area (Å²) in [7, 11) is -3.41. The number of rotatable bonds is 4. The molecule has 1 aromatic heterocycles. The van der Waals surface area contributed by atoms with Crippen molar-refractivity contribution in [2.45, 2.75) is 18.2 Å². The van der Waals surface area contributed by atoms with Gasteiger partial charge in [0.25, 0.3) is 0 Å². The monoisotopic (exact) mass is 215 g/mol. The van der Waals surface area contributed by atoms with Crippen LogP contribution in [0.3, 0.4) is 0 Å². The van der Waals surface area contributed by atoms with Crippen molar-refractivity contribution in [3.05, 3.63) is 18.3 Å². The molecule has 0 amide bonds. The number of nitrogens with two attached hydrogens (primary N) is 1. The van der Waals surface area contributed by atoms with Gasteiger partial charge in [0.1, 0.15) is 10.7 Å². The summed E-state index contributed by atoms with van der Waals surface area (Å²) in [6.45, 7) is 2.32. The van der Waals surface area contributed by atoms with E-state index in [1.807, 2.05) is 6.92 Å². The first-order valence-corrected chi connectivity index (χ1v) is 5.76. The third-order valence-corrected chi connectivity index (χ3v) is 3.06. The number of hydrogen-bond acceptors (Lipinski definition) is 4. The lowest BCUT2D eigenvalue weighted by Crippen LogP contribution is -2.24. The van der Waals surface area contributed by atoms with Gasteiger partial charge in [-0.2, -0.15) is 0 Å². The summed E-state index contributed by atoms with van der Waals surface area (Å²) in [4.78, 5) is 3.85. The van der Waals surface area contributed by atoms with Crippen molar-refractivity contribution < 1.29 is 8.42 Å². The summed E-state index contributed by atoms with van der Waals surface area (Å²) >= 11 is 0. The molecule has 0 aromatic carbocycles. The Morgan fingerprint density at radius 1 is 1.50 bits per heavy atom. The molecule has 1 aromatic rings. The molecule has 0 aliphatic heterocycles. The first-order chi connectivity index (χ1) is 6.56. The van der Waals surface area contributed by atoms with Crippen LogP contribution in [0.4, 0.5) is 5.82 Å². The zero-order chi connectivity index (χ0) is 10.6. The molecule has 78 valence electrons. The van der Waals surface area contributed by atoms with Crippen LogP contribution in [0.2, 0.25) is 0 Å². The lowest BCUT2D eigenvalue weighted by atomic mass is 10.5. The van der Waals surface area contributed by atoms with Gasteiger partial charge in [0.2, 0.25) is 10.0 Å². The first-order valence-electron chi connectivity index (χ1n) is 4.27. The molecule has 0 atom stereocenters. The highest BCUT2D eigenvalue weighted by atomic mass is 32.2. The Kier molecular flexibility index (Phi) is 3.43. The second kappa shape index (κ2) is 4.39. The molecule has 5 nitrogen and oxygen atoms in total. The lowest BCUT2D eigenvalue weighted by Gasteiger charge is -2.04. The molecule has 1 heterocycles. The first kappa shape index (κ1) is 10.9. The molecule has 6 heteroatoms. The molecule has 0 saturated carbocycles. The van der Waals surface area contributed by atoms with Crippen molar-refractivity contribution in [1.82, 2.24) is 9.71 Å². The van der Waals surface area contributed by atoms with Crippen LogP contribution in [0.5, 0.6) is 0 Å². The van der Waals surface area contributed by atoms with Gasteiger partial charge in [-0.1, -0.05) is 6.92 Å². The predicted octanol–water partition coefficient (Wildman–Crippen LogP) is 0.352. The summed E-state index contributed by atoms with van der Waals surface area (Å²) in [5, 5.41) is 0. The summed E-state index contributed by atoms with van der Waals surface area (Å²) in [5.41, 5.74) is 5.34. The molecule has 14 heavy (non-hydrogen) atoms. The van der Waals surface area contributed by atoms with Crippen LogP contribution < -0.4 is 10.5 Å². The van der Waals surface area contributed by atoms with Crippen molar-refractivity contribution >= 4 is 15.8 Å². The molecule has 0 aliphatic rings. The average molecular weight is 215 g/mol. The Hall–Kier alpha value is -1.14. The SMILES string of the molecule is CCCNS(=O)(=O)c1ccc(N)nc1. The lowest BCUT2D eigenvalue weighted by molar-refractivity contribution is 0.580. The predicted molar refractivity (Wildman–Crippen MR) is 54.1 cm³/mol. The number of hydrogen-bond donors (Lipinski definition) is 2. The van der Waals surface area contributed by atoms with E-state index >= 15 is 0 Å². The molecular formula is C8H13N3O2S. The maximum absolute atomic E-state index is 11.5. The Bertz CT molecular complexity index is 386. The number of anilines is 1. The molecule has 0 bridgehead atoms. The summed E-state index contributed by atoms with van der Waals surface area (Å²) < 4.78 is 25.5. The Morgan fingerprint density at radius 3 is 2.71 bits per heavy atom. The fourth-order valence-corrected chi connectivity index (χ4v) is 1.95. The maximum Gasteiger partial charge on any atom is 0.242 e. The summed E-state index contributed by atoms with van der Waals surface area (Å²) in [6, 6.07) is 2.89. The van der Waals surface area contributed by atoms with Crippen molar-refractivity contribution in [3.63, 3.8) is 0 Å². The van der Waals surface area contributed by atoms with Crippen molar-refractivity contribution in [3.8, 4) is 0 Å². The third kappa shape index (κ3) is 2.68. The minimum Gasteiger partial charge on any atom is -0.384 e. The number of aromatic nitrogens is 1. The Labute approximate surface area is 83.4 Å². The van der Waals surface area contributed by atoms with Crippen LogP contribution in [-0.2, 0) is 10.0 Å². The van der Waals surface area contributed by atoms with Crippen molar-refractivity contribution in [2.75, 3.05) is 12.3 Å². The number of pyridine rings is 1. The zero-order valence-corrected chi connectivity index (χ0v) is 8.71. The number of nitrogens with one attached hydrogen (secondary N) is 1. The minimum absolute atomic E-state index is 0.139. The quantitative estimate of drug-likeness (QED) is 0.759. The molecule has 3 N–H and O–H groups in total. The Morgan fingerprint density at radius 2 is 2.21 bits per heavy atom. The second-order valence-corrected chi connectivity index (χ2v) is 4.58. The summed E-state index contributed by atoms with van der Waals surface area (Å²) in [6.07, 6.45) is 1.99. The molecular weight excluding hydrogens is 202 g/mol. The maximum atomic E-state index is 11.5. The largest absolute Gasteiger partial charge is 0.384 e. The highest BCUT2D eigenvalue weighted by molar-refractivity contribution is 7.89. The van der Waals surface area contributed by atoms with Crippen LogP contribution in [0.1, 0.15) is 13.3 Å². The normalized spacial score (nSPS) is 11.5. The van der Waals surface area contributed by atoms with Crippen LogP contribution in [-0.4, -0.2) is 19.9 Å². The third-order valence-electron chi connectivity index (χ3n) is 1.61. The van der Waals surface area contributed by atoms with E-state index in [2.05, 4.69) is 9.71 Å². The fraction of sp³-hybridized carbons (Fsp3) is 0.375. The zero-order valence-electron chi connectivity index (χ0n) is 7.90. The number of sulfonamides is 1. The number of nitrogens with zero attached hydrogens (tertiary/aromatic N) is 1. The van der Waals surface area contributed by atoms with Crippen LogP contribution in [0.25, 0.3) is 0 Å². The van der Waals surface area contributed by atoms with E-state index in [1.165, 1.54) is 18.3 Å². The fourth-order valence-electron chi connectivity index (χ4n) is 0.870. The number of nitrogen functional groups attached to an aromatic ring is 1. The van der Waals surface area contributed by atoms with E-state index < -0.39 is 10.0 Å². The Balaban J connectivity index is 2.87. The van der Waals surface area contributed by atoms with Gasteiger partial charge in [0, 0.05) is 12.7 Å². The van der Waals surface area contributed by atoms with Crippen LogP contribution in [0.15, 0.2) is 23.2 Å². The van der Waals surface area contributed by atoms with Crippen molar-refractivity contribution in [1.29, 1.82) is 0 Å². The molecule has 0 radical (unpaired) electrons. The van der Waals surface area contributed by atoms with Gasteiger partial charge in [-0.25, -0.2) is 18.1 Å². The second-order valence-electron chi connectivity index (χ2n) is 2.82. The smallest absolute Gasteiger partial charge is 0.242 e. The molecule has 0 fully saturated rings. The topological polar surface area (TPSA) is 85.1 Å². The van der Waals surface area contributed by atoms with Gasteiger partial charge in [0.05, 0.1) is 0 Å². The molecule has 0 spiro atoms. The average Bonchev–Trinajstić information content (AvgIpc) is 2.16. The van der Waals surface area contributed by atoms with Gasteiger partial charge in [-0.05, 0) is 18.6 Å². The highest BCUT2D eigenvalue weighted by Crippen LogP contribution is 2.07. The van der Waals surface area contributed by atoms with Gasteiger partial charge in [-0.15, -0.1) is 0 Å².